The van der Waals surface area contributed by atoms with Crippen LogP contribution in [0.2, 0.25) is 0 Å². The van der Waals surface area contributed by atoms with Gasteiger partial charge in [-0.25, -0.2) is 4.68 Å². The molecule has 0 bridgehead atoms. The number of aromatic nitrogens is 4. The van der Waals surface area contributed by atoms with Gasteiger partial charge < -0.3 is 4.90 Å². The molecule has 2 aliphatic rings. The van der Waals surface area contributed by atoms with E-state index in [1.54, 1.807) is 18.3 Å². The van der Waals surface area contributed by atoms with Crippen molar-refractivity contribution in [2.75, 3.05) is 37.6 Å². The van der Waals surface area contributed by atoms with Crippen LogP contribution in [0, 0.1) is 5.92 Å². The van der Waals surface area contributed by atoms with E-state index in [0.29, 0.717) is 6.54 Å². The quantitative estimate of drug-likeness (QED) is 0.815. The van der Waals surface area contributed by atoms with Crippen molar-refractivity contribution in [3.05, 3.63) is 46.0 Å². The number of hydrogen-bond donors (Lipinski definition) is 0. The molecule has 2 aromatic rings. The van der Waals surface area contributed by atoms with Crippen molar-refractivity contribution in [3.8, 4) is 0 Å². The van der Waals surface area contributed by atoms with Gasteiger partial charge in [-0.15, -0.1) is 5.10 Å². The molecule has 1 aliphatic heterocycles. The maximum Gasteiger partial charge on any atom is 0.266 e. The lowest BCUT2D eigenvalue weighted by atomic mass is 9.88. The summed E-state index contributed by atoms with van der Waals surface area (Å²) in [6, 6.07) is 5.49. The monoisotopic (exact) mass is 354 g/mol. The van der Waals surface area contributed by atoms with Crippen molar-refractivity contribution in [1.82, 2.24) is 24.9 Å². The van der Waals surface area contributed by atoms with Crippen LogP contribution >= 0.6 is 0 Å². The average molecular weight is 354 g/mol. The highest BCUT2D eigenvalue weighted by molar-refractivity contribution is 5.42. The molecule has 1 fully saturated rings. The third-order valence-corrected chi connectivity index (χ3v) is 5.50. The summed E-state index contributed by atoms with van der Waals surface area (Å²) < 4.78 is 1.53. The molecule has 26 heavy (non-hydrogen) atoms. The Bertz CT molecular complexity index is 812. The van der Waals surface area contributed by atoms with Gasteiger partial charge >= 0.3 is 0 Å². The van der Waals surface area contributed by atoms with Crippen molar-refractivity contribution in [1.29, 1.82) is 0 Å². The zero-order valence-electron chi connectivity index (χ0n) is 15.3. The average Bonchev–Trinajstić information content (AvgIpc) is 2.67. The summed E-state index contributed by atoms with van der Waals surface area (Å²) in [5.41, 5.74) is 2.53. The van der Waals surface area contributed by atoms with Gasteiger partial charge in [-0.05, 0) is 42.9 Å². The van der Waals surface area contributed by atoms with Crippen LogP contribution in [0.5, 0.6) is 0 Å². The van der Waals surface area contributed by atoms with Crippen molar-refractivity contribution < 1.29 is 0 Å². The van der Waals surface area contributed by atoms with Crippen LogP contribution in [-0.4, -0.2) is 57.6 Å². The minimum Gasteiger partial charge on any atom is -0.353 e. The van der Waals surface area contributed by atoms with Gasteiger partial charge in [0.15, 0.2) is 5.82 Å². The fourth-order valence-electron chi connectivity index (χ4n) is 3.84. The van der Waals surface area contributed by atoms with E-state index in [1.807, 2.05) is 0 Å². The second kappa shape index (κ2) is 7.53. The SMILES string of the molecule is CC1CCc2nnc(N3CCN(CCn4ncccc4=O)CC3)cc2C1. The molecule has 0 N–H and O–H groups in total. The number of anilines is 1. The molecule has 0 amide bonds. The highest BCUT2D eigenvalue weighted by Gasteiger charge is 2.22. The number of nitrogens with zero attached hydrogens (tertiary/aromatic N) is 6. The Morgan fingerprint density at radius 3 is 2.81 bits per heavy atom. The maximum atomic E-state index is 11.7. The van der Waals surface area contributed by atoms with E-state index in [9.17, 15) is 4.79 Å². The first-order valence-corrected chi connectivity index (χ1v) is 9.54. The molecular weight excluding hydrogens is 328 g/mol. The van der Waals surface area contributed by atoms with Crippen LogP contribution in [0.3, 0.4) is 0 Å². The fourth-order valence-corrected chi connectivity index (χ4v) is 3.84. The number of rotatable bonds is 4. The normalized spacial score (nSPS) is 20.8. The number of fused-ring (bicyclic) bond motifs is 1. The van der Waals surface area contributed by atoms with Gasteiger partial charge in [0, 0.05) is 45.0 Å². The fraction of sp³-hybridized carbons (Fsp3) is 0.579. The van der Waals surface area contributed by atoms with Crippen LogP contribution in [-0.2, 0) is 19.4 Å². The maximum absolute atomic E-state index is 11.7. The molecule has 0 aromatic carbocycles. The lowest BCUT2D eigenvalue weighted by molar-refractivity contribution is 0.242. The summed E-state index contributed by atoms with van der Waals surface area (Å²) in [5, 5.41) is 13.1. The summed E-state index contributed by atoms with van der Waals surface area (Å²) in [6.07, 6.45) is 5.06. The predicted octanol–water partition coefficient (Wildman–Crippen LogP) is 0.980. The third kappa shape index (κ3) is 3.77. The van der Waals surface area contributed by atoms with Gasteiger partial charge in [-0.1, -0.05) is 6.92 Å². The molecule has 1 unspecified atom stereocenters. The Kier molecular flexibility index (Phi) is 4.97. The van der Waals surface area contributed by atoms with Crippen molar-refractivity contribution >= 4 is 5.82 Å². The van der Waals surface area contributed by atoms with Crippen LogP contribution < -0.4 is 10.5 Å². The van der Waals surface area contributed by atoms with Crippen molar-refractivity contribution in [3.63, 3.8) is 0 Å². The van der Waals surface area contributed by atoms with E-state index in [-0.39, 0.29) is 5.56 Å². The molecule has 0 saturated carbocycles. The van der Waals surface area contributed by atoms with Gasteiger partial charge in [0.05, 0.1) is 12.2 Å². The molecule has 3 heterocycles. The minimum atomic E-state index is -0.0373. The Morgan fingerprint density at radius 2 is 2.00 bits per heavy atom. The molecular formula is C19H26N6O. The second-order valence-corrected chi connectivity index (χ2v) is 7.44. The van der Waals surface area contributed by atoms with E-state index >= 15 is 0 Å². The van der Waals surface area contributed by atoms with Crippen LogP contribution in [0.4, 0.5) is 5.82 Å². The first-order valence-electron chi connectivity index (χ1n) is 9.54. The molecule has 2 aromatic heterocycles. The first-order chi connectivity index (χ1) is 12.7. The van der Waals surface area contributed by atoms with Gasteiger partial charge in [0.2, 0.25) is 0 Å². The van der Waals surface area contributed by atoms with Gasteiger partial charge in [-0.2, -0.15) is 10.2 Å². The second-order valence-electron chi connectivity index (χ2n) is 7.44. The standard InChI is InChI=1S/C19H26N6O/c1-15-4-5-17-16(13-15)14-18(22-21-17)24-10-7-23(8-11-24)9-12-25-19(26)3-2-6-20-25/h2-3,6,14-15H,4-5,7-13H2,1H3. The highest BCUT2D eigenvalue weighted by atomic mass is 16.1. The van der Waals surface area contributed by atoms with Crippen LogP contribution in [0.25, 0.3) is 0 Å². The zero-order chi connectivity index (χ0) is 17.9. The molecule has 0 spiro atoms. The van der Waals surface area contributed by atoms with E-state index in [4.69, 9.17) is 0 Å². The molecule has 7 nitrogen and oxygen atoms in total. The summed E-state index contributed by atoms with van der Waals surface area (Å²) >= 11 is 0. The highest BCUT2D eigenvalue weighted by Crippen LogP contribution is 2.26. The van der Waals surface area contributed by atoms with Crippen molar-refractivity contribution in [2.45, 2.75) is 32.7 Å². The molecule has 138 valence electrons. The number of hydrogen-bond acceptors (Lipinski definition) is 6. The van der Waals surface area contributed by atoms with Gasteiger partial charge in [-0.3, -0.25) is 9.69 Å². The van der Waals surface area contributed by atoms with Crippen LogP contribution in [0.15, 0.2) is 29.2 Å². The summed E-state index contributed by atoms with van der Waals surface area (Å²) in [5.74, 6) is 1.75. The Labute approximate surface area is 153 Å². The topological polar surface area (TPSA) is 67.2 Å². The van der Waals surface area contributed by atoms with Gasteiger partial charge in [0.25, 0.3) is 5.56 Å². The Balaban J connectivity index is 1.33. The van der Waals surface area contributed by atoms with Crippen molar-refractivity contribution in [2.24, 2.45) is 5.92 Å². The molecule has 0 radical (unpaired) electrons. The first kappa shape index (κ1) is 17.1. The Morgan fingerprint density at radius 1 is 1.15 bits per heavy atom. The lowest BCUT2D eigenvalue weighted by Gasteiger charge is -2.35. The summed E-state index contributed by atoms with van der Waals surface area (Å²) in [4.78, 5) is 16.4. The van der Waals surface area contributed by atoms with Crippen LogP contribution in [0.1, 0.15) is 24.6 Å². The molecule has 7 heteroatoms. The van der Waals surface area contributed by atoms with E-state index in [0.717, 1.165) is 57.3 Å². The minimum absolute atomic E-state index is 0.0373. The Hall–Kier alpha value is -2.28. The van der Waals surface area contributed by atoms with E-state index < -0.39 is 0 Å². The van der Waals surface area contributed by atoms with E-state index in [2.05, 4.69) is 38.1 Å². The molecule has 1 aliphatic carbocycles. The van der Waals surface area contributed by atoms with Gasteiger partial charge in [0.1, 0.15) is 0 Å². The third-order valence-electron chi connectivity index (χ3n) is 5.50. The summed E-state index contributed by atoms with van der Waals surface area (Å²) in [6.45, 7) is 7.62. The molecule has 4 rings (SSSR count). The smallest absolute Gasteiger partial charge is 0.266 e. The largest absolute Gasteiger partial charge is 0.353 e. The van der Waals surface area contributed by atoms with E-state index in [1.165, 1.54) is 22.4 Å². The number of piperazine rings is 1. The zero-order valence-corrected chi connectivity index (χ0v) is 15.3. The molecule has 1 atom stereocenters. The number of aryl methyl sites for hydroxylation is 1. The lowest BCUT2D eigenvalue weighted by Crippen LogP contribution is -2.48. The summed E-state index contributed by atoms with van der Waals surface area (Å²) in [7, 11) is 0. The predicted molar refractivity (Wildman–Crippen MR) is 100 cm³/mol. The molecule has 1 saturated heterocycles.